The van der Waals surface area contributed by atoms with Gasteiger partial charge in [0.25, 0.3) is 10.0 Å². The summed E-state index contributed by atoms with van der Waals surface area (Å²) in [6.07, 6.45) is 0.542. The van der Waals surface area contributed by atoms with Crippen molar-refractivity contribution in [3.05, 3.63) is 131 Å². The van der Waals surface area contributed by atoms with Crippen molar-refractivity contribution in [3.8, 4) is 11.1 Å². The molecule has 0 saturated carbocycles. The average molecular weight is 532 g/mol. The fourth-order valence-corrected chi connectivity index (χ4v) is 7.53. The third-order valence-corrected chi connectivity index (χ3v) is 9.61. The Balaban J connectivity index is 1.68. The number of carbonyl (C=O) groups excluding carboxylic acids is 1. The molecule has 5 aromatic carbocycles. The van der Waals surface area contributed by atoms with E-state index in [2.05, 4.69) is 13.0 Å². The van der Waals surface area contributed by atoms with Crippen LogP contribution in [0.5, 0.6) is 0 Å². The van der Waals surface area contributed by atoms with E-state index in [-0.39, 0.29) is 10.7 Å². The molecule has 194 valence electrons. The lowest BCUT2D eigenvalue weighted by molar-refractivity contribution is 0.101. The van der Waals surface area contributed by atoms with Crippen LogP contribution in [-0.4, -0.2) is 14.2 Å². The lowest BCUT2D eigenvalue weighted by atomic mass is 9.87. The van der Waals surface area contributed by atoms with Crippen molar-refractivity contribution in [3.63, 3.8) is 0 Å². The van der Waals surface area contributed by atoms with Gasteiger partial charge in [-0.3, -0.25) is 9.10 Å². The number of aryl methyl sites for hydroxylation is 2. The Morgan fingerprint density at radius 1 is 0.769 bits per heavy atom. The molecule has 1 aliphatic rings. The van der Waals surface area contributed by atoms with E-state index in [1.54, 1.807) is 23.4 Å². The predicted molar refractivity (Wildman–Crippen MR) is 158 cm³/mol. The number of benzene rings is 5. The Kier molecular flexibility index (Phi) is 6.12. The second kappa shape index (κ2) is 9.51. The van der Waals surface area contributed by atoms with Crippen LogP contribution in [0, 0.1) is 13.8 Å². The molecular weight excluding hydrogens is 502 g/mol. The van der Waals surface area contributed by atoms with Crippen LogP contribution in [0.4, 0.5) is 5.69 Å². The van der Waals surface area contributed by atoms with Crippen LogP contribution in [0.2, 0.25) is 0 Å². The van der Waals surface area contributed by atoms with Crippen LogP contribution in [0.1, 0.15) is 45.6 Å². The molecule has 1 heterocycles. The highest BCUT2D eigenvalue weighted by atomic mass is 32.2. The van der Waals surface area contributed by atoms with Gasteiger partial charge in [-0.15, -0.1) is 0 Å². The second-order valence-corrected chi connectivity index (χ2v) is 12.1. The molecule has 0 saturated heterocycles. The maximum absolute atomic E-state index is 14.5. The summed E-state index contributed by atoms with van der Waals surface area (Å²) in [6, 6.07) is 32.3. The summed E-state index contributed by atoms with van der Waals surface area (Å²) in [5, 5.41) is 1.93. The van der Waals surface area contributed by atoms with Gasteiger partial charge in [0.1, 0.15) is 0 Å². The largest absolute Gasteiger partial charge is 0.295 e. The summed E-state index contributed by atoms with van der Waals surface area (Å²) in [5.74, 6) is 0.0153. The first-order chi connectivity index (χ1) is 18.8. The number of nitrogens with zero attached hydrogens (tertiary/aromatic N) is 1. The molecule has 6 rings (SSSR count). The summed E-state index contributed by atoms with van der Waals surface area (Å²) in [7, 11) is -3.90. The lowest BCUT2D eigenvalue weighted by Gasteiger charge is -2.28. The third-order valence-electron chi connectivity index (χ3n) is 7.79. The second-order valence-electron chi connectivity index (χ2n) is 10.3. The Morgan fingerprint density at radius 2 is 1.38 bits per heavy atom. The van der Waals surface area contributed by atoms with E-state index >= 15 is 0 Å². The van der Waals surface area contributed by atoms with Crippen molar-refractivity contribution in [2.75, 3.05) is 4.31 Å². The molecule has 5 aromatic rings. The normalized spacial score (nSPS) is 14.9. The maximum Gasteiger partial charge on any atom is 0.264 e. The lowest BCUT2D eigenvalue weighted by Crippen LogP contribution is -2.32. The molecule has 1 unspecified atom stereocenters. The molecule has 1 atom stereocenters. The van der Waals surface area contributed by atoms with Gasteiger partial charge in [0.2, 0.25) is 0 Å². The molecule has 0 radical (unpaired) electrons. The van der Waals surface area contributed by atoms with E-state index < -0.39 is 16.1 Å². The smallest absolute Gasteiger partial charge is 0.264 e. The minimum atomic E-state index is -3.90. The molecule has 0 fully saturated rings. The zero-order valence-corrected chi connectivity index (χ0v) is 23.0. The number of anilines is 1. The Hall–Kier alpha value is -4.22. The van der Waals surface area contributed by atoms with Crippen molar-refractivity contribution < 1.29 is 13.2 Å². The quantitative estimate of drug-likeness (QED) is 0.217. The van der Waals surface area contributed by atoms with E-state index in [9.17, 15) is 13.2 Å². The standard InChI is InChI=1S/C34H29NO3S/c1-22-13-19-28(20-14-22)39(37,38)35-32(26-9-5-4-6-10-26)21-31-33(27-17-15-25(16-18-27)24(3)36)23(2)29-11-7-8-12-30(29)34(31)35/h4-20,32H,21H2,1-3H3. The first-order valence-electron chi connectivity index (χ1n) is 13.1. The van der Waals surface area contributed by atoms with Crippen molar-refractivity contribution in [2.45, 2.75) is 38.1 Å². The predicted octanol–water partition coefficient (Wildman–Crippen LogP) is 7.82. The molecular formula is C34H29NO3S. The van der Waals surface area contributed by atoms with Gasteiger partial charge in [0.05, 0.1) is 16.6 Å². The van der Waals surface area contributed by atoms with Gasteiger partial charge in [0.15, 0.2) is 5.78 Å². The van der Waals surface area contributed by atoms with Gasteiger partial charge in [-0.1, -0.05) is 96.6 Å². The molecule has 0 aromatic heterocycles. The minimum Gasteiger partial charge on any atom is -0.295 e. The van der Waals surface area contributed by atoms with Gasteiger partial charge in [-0.05, 0) is 66.1 Å². The number of sulfonamides is 1. The highest BCUT2D eigenvalue weighted by Crippen LogP contribution is 2.52. The number of rotatable bonds is 5. The zero-order chi connectivity index (χ0) is 27.3. The van der Waals surface area contributed by atoms with Gasteiger partial charge in [0, 0.05) is 17.4 Å². The number of hydrogen-bond donors (Lipinski definition) is 0. The fourth-order valence-electron chi connectivity index (χ4n) is 5.84. The number of Topliss-reactive ketones (excluding diaryl/α,β-unsaturated/α-hetero) is 1. The molecule has 0 N–H and O–H groups in total. The van der Waals surface area contributed by atoms with Crippen molar-refractivity contribution in [1.82, 2.24) is 0 Å². The molecule has 0 bridgehead atoms. The monoisotopic (exact) mass is 531 g/mol. The molecule has 4 nitrogen and oxygen atoms in total. The maximum atomic E-state index is 14.5. The minimum absolute atomic E-state index is 0.0153. The van der Waals surface area contributed by atoms with Crippen molar-refractivity contribution >= 4 is 32.3 Å². The van der Waals surface area contributed by atoms with Crippen LogP contribution in [0.15, 0.2) is 108 Å². The summed E-state index contributed by atoms with van der Waals surface area (Å²) in [5.41, 5.74) is 7.45. The van der Waals surface area contributed by atoms with Gasteiger partial charge in [-0.25, -0.2) is 8.42 Å². The van der Waals surface area contributed by atoms with Crippen molar-refractivity contribution in [1.29, 1.82) is 0 Å². The first-order valence-corrected chi connectivity index (χ1v) is 14.5. The van der Waals surface area contributed by atoms with Crippen LogP contribution in [-0.2, 0) is 16.4 Å². The number of carbonyl (C=O) groups is 1. The molecule has 1 aliphatic heterocycles. The van der Waals surface area contributed by atoms with Gasteiger partial charge >= 0.3 is 0 Å². The summed E-state index contributed by atoms with van der Waals surface area (Å²) in [6.45, 7) is 5.62. The van der Waals surface area contributed by atoms with Crippen LogP contribution in [0.3, 0.4) is 0 Å². The third kappa shape index (κ3) is 4.14. The van der Waals surface area contributed by atoms with E-state index in [1.165, 1.54) is 0 Å². The Bertz CT molecular complexity index is 1820. The van der Waals surface area contributed by atoms with Crippen molar-refractivity contribution in [2.24, 2.45) is 0 Å². The highest BCUT2D eigenvalue weighted by molar-refractivity contribution is 7.92. The molecule has 5 heteroatoms. The summed E-state index contributed by atoms with van der Waals surface area (Å²) < 4.78 is 30.6. The van der Waals surface area contributed by atoms with E-state index in [0.717, 1.165) is 49.8 Å². The van der Waals surface area contributed by atoms with Crippen LogP contribution in [0.25, 0.3) is 21.9 Å². The van der Waals surface area contributed by atoms with E-state index in [0.29, 0.717) is 12.0 Å². The summed E-state index contributed by atoms with van der Waals surface area (Å²) >= 11 is 0. The number of fused-ring (bicyclic) bond motifs is 3. The van der Waals surface area contributed by atoms with E-state index in [4.69, 9.17) is 0 Å². The Morgan fingerprint density at radius 3 is 2.03 bits per heavy atom. The molecule has 39 heavy (non-hydrogen) atoms. The summed E-state index contributed by atoms with van der Waals surface area (Å²) in [4.78, 5) is 12.2. The SMILES string of the molecule is CC(=O)c1ccc(-c2c3c(c4ccccc4c2C)N(S(=O)(=O)c2ccc(C)cc2)C(c2ccccc2)C3)cc1. The number of ketones is 1. The van der Waals surface area contributed by atoms with E-state index in [1.807, 2.05) is 91.9 Å². The fraction of sp³-hybridized carbons (Fsp3) is 0.147. The van der Waals surface area contributed by atoms with Crippen LogP contribution >= 0.6 is 0 Å². The average Bonchev–Trinajstić information content (AvgIpc) is 3.36. The zero-order valence-electron chi connectivity index (χ0n) is 22.2. The van der Waals surface area contributed by atoms with Gasteiger partial charge < -0.3 is 0 Å². The topological polar surface area (TPSA) is 54.5 Å². The highest BCUT2D eigenvalue weighted by Gasteiger charge is 2.42. The van der Waals surface area contributed by atoms with Gasteiger partial charge in [-0.2, -0.15) is 0 Å². The Labute approximate surface area is 229 Å². The molecule has 0 spiro atoms. The van der Waals surface area contributed by atoms with Crippen LogP contribution < -0.4 is 4.31 Å². The number of hydrogen-bond acceptors (Lipinski definition) is 3. The molecule has 0 amide bonds. The molecule has 0 aliphatic carbocycles. The first kappa shape index (κ1) is 25.1.